The van der Waals surface area contributed by atoms with Gasteiger partial charge in [-0.3, -0.25) is 4.79 Å². The normalized spacial score (nSPS) is 12.8. The first-order valence-electron chi connectivity index (χ1n) is 8.57. The second-order valence-electron chi connectivity index (χ2n) is 6.40. The second kappa shape index (κ2) is 9.04. The van der Waals surface area contributed by atoms with E-state index < -0.39 is 22.0 Å². The molecule has 0 fully saturated rings. The standard InChI is InChI=1S/C18H18ClN3O5S2/c1-11(2)16(22-29(24,25)15-4-3-9-28-15)18(23)26-10-14-20-17(21-27-14)12-5-7-13(19)8-6-12/h3-9,11,16,22H,10H2,1-2H3/t16-/m1/s1. The Bertz CT molecular complexity index is 1060. The van der Waals surface area contributed by atoms with Gasteiger partial charge in [0.2, 0.25) is 5.82 Å². The number of sulfonamides is 1. The number of hydrogen-bond donors (Lipinski definition) is 1. The maximum absolute atomic E-state index is 12.5. The van der Waals surface area contributed by atoms with Crippen molar-refractivity contribution >= 4 is 38.9 Å². The Kier molecular flexibility index (Phi) is 6.68. The van der Waals surface area contributed by atoms with Crippen LogP contribution in [0.3, 0.4) is 0 Å². The van der Waals surface area contributed by atoms with Crippen molar-refractivity contribution < 1.29 is 22.5 Å². The molecule has 2 heterocycles. The number of hydrogen-bond acceptors (Lipinski definition) is 8. The number of rotatable bonds is 8. The van der Waals surface area contributed by atoms with E-state index in [0.717, 1.165) is 11.3 Å². The summed E-state index contributed by atoms with van der Waals surface area (Å²) in [7, 11) is -3.82. The smallest absolute Gasteiger partial charge is 0.324 e. The zero-order chi connectivity index (χ0) is 21.0. The molecule has 0 radical (unpaired) electrons. The van der Waals surface area contributed by atoms with Crippen molar-refractivity contribution in [2.45, 2.75) is 30.7 Å². The molecule has 0 saturated heterocycles. The van der Waals surface area contributed by atoms with Crippen LogP contribution in [0.4, 0.5) is 0 Å². The van der Waals surface area contributed by atoms with Crippen LogP contribution in [0.25, 0.3) is 11.4 Å². The predicted octanol–water partition coefficient (Wildman–Crippen LogP) is 3.50. The lowest BCUT2D eigenvalue weighted by Crippen LogP contribution is -2.45. The van der Waals surface area contributed by atoms with E-state index in [9.17, 15) is 13.2 Å². The van der Waals surface area contributed by atoms with E-state index in [1.807, 2.05) is 0 Å². The third kappa shape index (κ3) is 5.41. The first-order valence-corrected chi connectivity index (χ1v) is 11.3. The molecule has 0 spiro atoms. The molecule has 0 aliphatic heterocycles. The van der Waals surface area contributed by atoms with Crippen LogP contribution in [0.15, 0.2) is 50.5 Å². The highest BCUT2D eigenvalue weighted by atomic mass is 35.5. The Morgan fingerprint density at radius 2 is 2.00 bits per heavy atom. The summed E-state index contributed by atoms with van der Waals surface area (Å²) in [6, 6.07) is 8.89. The van der Waals surface area contributed by atoms with Gasteiger partial charge in [0.25, 0.3) is 15.9 Å². The van der Waals surface area contributed by atoms with Gasteiger partial charge in [-0.05, 0) is 41.6 Å². The number of nitrogens with one attached hydrogen (secondary N) is 1. The van der Waals surface area contributed by atoms with Crippen LogP contribution < -0.4 is 4.72 Å². The summed E-state index contributed by atoms with van der Waals surface area (Å²) in [5.41, 5.74) is 0.694. The number of halogens is 1. The van der Waals surface area contributed by atoms with Crippen molar-refractivity contribution in [3.8, 4) is 11.4 Å². The lowest BCUT2D eigenvalue weighted by molar-refractivity contribution is -0.148. The molecule has 1 N–H and O–H groups in total. The van der Waals surface area contributed by atoms with Crippen molar-refractivity contribution in [3.63, 3.8) is 0 Å². The summed E-state index contributed by atoms with van der Waals surface area (Å²) in [5, 5.41) is 6.06. The van der Waals surface area contributed by atoms with Crippen LogP contribution in [-0.4, -0.2) is 30.6 Å². The van der Waals surface area contributed by atoms with Crippen LogP contribution in [0.1, 0.15) is 19.7 Å². The molecule has 1 atom stereocenters. The average molecular weight is 456 g/mol. The number of benzene rings is 1. The third-order valence-electron chi connectivity index (χ3n) is 3.87. The summed E-state index contributed by atoms with van der Waals surface area (Å²) in [4.78, 5) is 16.6. The highest BCUT2D eigenvalue weighted by Crippen LogP contribution is 2.20. The summed E-state index contributed by atoms with van der Waals surface area (Å²) >= 11 is 6.92. The highest BCUT2D eigenvalue weighted by molar-refractivity contribution is 7.91. The summed E-state index contributed by atoms with van der Waals surface area (Å²) in [6.07, 6.45) is 0. The zero-order valence-corrected chi connectivity index (χ0v) is 17.9. The molecule has 0 aliphatic carbocycles. The van der Waals surface area contributed by atoms with Crippen molar-refractivity contribution in [3.05, 3.63) is 52.7 Å². The van der Waals surface area contributed by atoms with Gasteiger partial charge in [0, 0.05) is 10.6 Å². The van der Waals surface area contributed by atoms with E-state index >= 15 is 0 Å². The van der Waals surface area contributed by atoms with E-state index in [1.165, 1.54) is 6.07 Å². The minimum atomic E-state index is -3.82. The Hall–Kier alpha value is -2.27. The van der Waals surface area contributed by atoms with Crippen molar-refractivity contribution in [1.82, 2.24) is 14.9 Å². The van der Waals surface area contributed by atoms with Gasteiger partial charge < -0.3 is 9.26 Å². The molecule has 2 aromatic heterocycles. The SMILES string of the molecule is CC(C)[C@@H](NS(=O)(=O)c1cccs1)C(=O)OCc1nc(-c2ccc(Cl)cc2)no1. The first kappa shape index (κ1) is 21.4. The van der Waals surface area contributed by atoms with Crippen LogP contribution in [-0.2, 0) is 26.2 Å². The Morgan fingerprint density at radius 3 is 2.62 bits per heavy atom. The molecule has 154 valence electrons. The molecule has 11 heteroatoms. The average Bonchev–Trinajstić information content (AvgIpc) is 3.37. The molecule has 3 aromatic rings. The second-order valence-corrected chi connectivity index (χ2v) is 9.73. The topological polar surface area (TPSA) is 111 Å². The summed E-state index contributed by atoms with van der Waals surface area (Å²) < 4.78 is 37.6. The number of esters is 1. The molecule has 0 saturated carbocycles. The fourth-order valence-electron chi connectivity index (χ4n) is 2.35. The van der Waals surface area contributed by atoms with Crippen LogP contribution in [0.2, 0.25) is 5.02 Å². The fourth-order valence-corrected chi connectivity index (χ4v) is 4.82. The molecule has 8 nitrogen and oxygen atoms in total. The van der Waals surface area contributed by atoms with E-state index in [2.05, 4.69) is 14.9 Å². The van der Waals surface area contributed by atoms with Gasteiger partial charge in [0.15, 0.2) is 6.61 Å². The highest BCUT2D eigenvalue weighted by Gasteiger charge is 2.30. The number of nitrogens with zero attached hydrogens (tertiary/aromatic N) is 2. The summed E-state index contributed by atoms with van der Waals surface area (Å²) in [6.45, 7) is 3.16. The molecule has 0 unspecified atom stereocenters. The number of thiophene rings is 1. The van der Waals surface area contributed by atoms with E-state index in [0.29, 0.717) is 16.4 Å². The molecule has 0 amide bonds. The quantitative estimate of drug-likeness (QED) is 0.517. The molecule has 0 aliphatic rings. The van der Waals surface area contributed by atoms with Crippen LogP contribution >= 0.6 is 22.9 Å². The predicted molar refractivity (Wildman–Crippen MR) is 108 cm³/mol. The zero-order valence-electron chi connectivity index (χ0n) is 15.5. The van der Waals surface area contributed by atoms with Crippen LogP contribution in [0.5, 0.6) is 0 Å². The van der Waals surface area contributed by atoms with E-state index in [-0.39, 0.29) is 22.6 Å². The molecular formula is C18H18ClN3O5S2. The monoisotopic (exact) mass is 455 g/mol. The van der Waals surface area contributed by atoms with Crippen LogP contribution in [0, 0.1) is 5.92 Å². The van der Waals surface area contributed by atoms with Gasteiger partial charge in [0.05, 0.1) is 0 Å². The van der Waals surface area contributed by atoms with Crippen molar-refractivity contribution in [1.29, 1.82) is 0 Å². The third-order valence-corrected chi connectivity index (χ3v) is 6.96. The number of carbonyl (C=O) groups is 1. The lowest BCUT2D eigenvalue weighted by atomic mass is 10.1. The molecular weight excluding hydrogens is 438 g/mol. The Morgan fingerprint density at radius 1 is 1.28 bits per heavy atom. The minimum Gasteiger partial charge on any atom is -0.454 e. The Labute approximate surface area is 176 Å². The number of ether oxygens (including phenoxy) is 1. The molecule has 0 bridgehead atoms. The molecule has 29 heavy (non-hydrogen) atoms. The van der Waals surface area contributed by atoms with Crippen molar-refractivity contribution in [2.24, 2.45) is 5.92 Å². The number of aromatic nitrogens is 2. The largest absolute Gasteiger partial charge is 0.454 e. The summed E-state index contributed by atoms with van der Waals surface area (Å²) in [5.74, 6) is -0.644. The van der Waals surface area contributed by atoms with Gasteiger partial charge in [-0.15, -0.1) is 11.3 Å². The first-order chi connectivity index (χ1) is 13.8. The lowest BCUT2D eigenvalue weighted by Gasteiger charge is -2.19. The fraction of sp³-hybridized carbons (Fsp3) is 0.278. The number of carbonyl (C=O) groups excluding carboxylic acids is 1. The van der Waals surface area contributed by atoms with E-state index in [4.69, 9.17) is 20.9 Å². The molecule has 3 rings (SSSR count). The van der Waals surface area contributed by atoms with Gasteiger partial charge >= 0.3 is 5.97 Å². The van der Waals surface area contributed by atoms with Gasteiger partial charge in [-0.1, -0.05) is 36.7 Å². The van der Waals surface area contributed by atoms with E-state index in [1.54, 1.807) is 49.6 Å². The maximum atomic E-state index is 12.5. The van der Waals surface area contributed by atoms with Gasteiger partial charge in [-0.2, -0.15) is 9.71 Å². The van der Waals surface area contributed by atoms with Gasteiger partial charge in [0.1, 0.15) is 10.3 Å². The van der Waals surface area contributed by atoms with Gasteiger partial charge in [-0.25, -0.2) is 8.42 Å². The Balaban J connectivity index is 1.64. The van der Waals surface area contributed by atoms with Crippen molar-refractivity contribution in [2.75, 3.05) is 0 Å². The minimum absolute atomic E-state index is 0.0897. The maximum Gasteiger partial charge on any atom is 0.324 e. The molecule has 1 aromatic carbocycles.